The second-order valence-electron chi connectivity index (χ2n) is 8.41. The van der Waals surface area contributed by atoms with E-state index in [4.69, 9.17) is 9.84 Å². The first-order chi connectivity index (χ1) is 16.3. The van der Waals surface area contributed by atoms with E-state index in [1.165, 1.54) is 57.3 Å². The summed E-state index contributed by atoms with van der Waals surface area (Å²) >= 11 is 0. The number of aromatic carboxylic acids is 1. The number of amides is 1. The van der Waals surface area contributed by atoms with Crippen molar-refractivity contribution in [3.8, 4) is 11.6 Å². The Balaban J connectivity index is 1.95. The fourth-order valence-corrected chi connectivity index (χ4v) is 3.43. The number of carbonyl (C=O) groups excluding carboxylic acids is 1. The van der Waals surface area contributed by atoms with E-state index in [2.05, 4.69) is 10.4 Å². The number of hydrogen-bond acceptors (Lipinski definition) is 5. The minimum atomic E-state index is -3.09. The third-order valence-electron chi connectivity index (χ3n) is 5.27. The lowest BCUT2D eigenvalue weighted by molar-refractivity contribution is 0.0695. The number of carboxylic acids is 1. The first-order valence-electron chi connectivity index (χ1n) is 10.5. The Morgan fingerprint density at radius 3 is 2.31 bits per heavy atom. The molecule has 0 fully saturated rings. The summed E-state index contributed by atoms with van der Waals surface area (Å²) in [6.07, 6.45) is -3.09. The van der Waals surface area contributed by atoms with Crippen LogP contribution in [0.5, 0.6) is 11.6 Å². The Morgan fingerprint density at radius 1 is 1.14 bits per heavy atom. The van der Waals surface area contributed by atoms with Crippen molar-refractivity contribution in [1.82, 2.24) is 15.1 Å². The molecule has 186 valence electrons. The van der Waals surface area contributed by atoms with E-state index in [1.807, 2.05) is 0 Å². The number of aliphatic hydroxyl groups is 1. The summed E-state index contributed by atoms with van der Waals surface area (Å²) in [4.78, 5) is 24.1. The highest BCUT2D eigenvalue weighted by Crippen LogP contribution is 2.35. The summed E-state index contributed by atoms with van der Waals surface area (Å²) in [5, 5.41) is 25.5. The van der Waals surface area contributed by atoms with Crippen LogP contribution in [0.2, 0.25) is 0 Å². The maximum Gasteiger partial charge on any atom is 0.335 e. The van der Waals surface area contributed by atoms with Crippen LogP contribution in [0.1, 0.15) is 70.8 Å². The average Bonchev–Trinajstić information content (AvgIpc) is 3.10. The maximum absolute atomic E-state index is 14.1. The SMILES string of the molecule is C[C@H](NC(=O)c1c(C(F)F)nn(C)c1Oc1ccc(F)c(C(C)(C)O)c1)c1ccc(C(=O)O)cc1. The number of nitrogens with one attached hydrogen (secondary N) is 1. The van der Waals surface area contributed by atoms with E-state index in [0.717, 1.165) is 10.7 Å². The summed E-state index contributed by atoms with van der Waals surface area (Å²) in [6.45, 7) is 4.34. The van der Waals surface area contributed by atoms with Gasteiger partial charge in [0.05, 0.1) is 17.2 Å². The Kier molecular flexibility index (Phi) is 7.20. The van der Waals surface area contributed by atoms with Gasteiger partial charge in [0.25, 0.3) is 12.3 Å². The van der Waals surface area contributed by atoms with Gasteiger partial charge >= 0.3 is 5.97 Å². The molecule has 2 aromatic carbocycles. The number of aromatic nitrogens is 2. The van der Waals surface area contributed by atoms with Gasteiger partial charge in [0.15, 0.2) is 0 Å². The van der Waals surface area contributed by atoms with E-state index in [-0.39, 0.29) is 22.8 Å². The molecule has 0 aliphatic carbocycles. The number of rotatable bonds is 8. The number of hydrogen-bond donors (Lipinski definition) is 3. The van der Waals surface area contributed by atoms with Crippen molar-refractivity contribution in [2.45, 2.75) is 38.8 Å². The molecule has 0 aliphatic rings. The third-order valence-corrected chi connectivity index (χ3v) is 5.27. The van der Waals surface area contributed by atoms with Crippen molar-refractivity contribution in [2.24, 2.45) is 7.05 Å². The number of carbonyl (C=O) groups is 2. The van der Waals surface area contributed by atoms with Crippen LogP contribution < -0.4 is 10.1 Å². The van der Waals surface area contributed by atoms with E-state index in [1.54, 1.807) is 6.92 Å². The minimum absolute atomic E-state index is 0.00120. The van der Waals surface area contributed by atoms with Crippen LogP contribution in [0, 0.1) is 5.82 Å². The highest BCUT2D eigenvalue weighted by Gasteiger charge is 2.31. The number of benzene rings is 2. The molecule has 0 radical (unpaired) electrons. The topological polar surface area (TPSA) is 114 Å². The Morgan fingerprint density at radius 2 is 1.77 bits per heavy atom. The van der Waals surface area contributed by atoms with Crippen LogP contribution >= 0.6 is 0 Å². The van der Waals surface area contributed by atoms with Crippen LogP contribution in [-0.4, -0.2) is 31.9 Å². The zero-order valence-corrected chi connectivity index (χ0v) is 19.3. The first-order valence-corrected chi connectivity index (χ1v) is 10.5. The Bertz CT molecular complexity index is 1250. The number of carboxylic acid groups (broad SMARTS) is 1. The third kappa shape index (κ3) is 5.62. The number of halogens is 3. The second-order valence-corrected chi connectivity index (χ2v) is 8.41. The molecular formula is C24H24F3N3O5. The molecule has 35 heavy (non-hydrogen) atoms. The molecule has 8 nitrogen and oxygen atoms in total. The molecule has 0 saturated heterocycles. The van der Waals surface area contributed by atoms with E-state index >= 15 is 0 Å². The van der Waals surface area contributed by atoms with Crippen molar-refractivity contribution in [1.29, 1.82) is 0 Å². The molecule has 0 aliphatic heterocycles. The van der Waals surface area contributed by atoms with E-state index in [0.29, 0.717) is 5.56 Å². The van der Waals surface area contributed by atoms with Gasteiger partial charge in [-0.15, -0.1) is 0 Å². The molecular weight excluding hydrogens is 467 g/mol. The molecule has 3 N–H and O–H groups in total. The fourth-order valence-electron chi connectivity index (χ4n) is 3.43. The standard InChI is InChI=1S/C24H24F3N3O5/c1-12(13-5-7-14(8-6-13)23(32)33)28-21(31)18-19(20(26)27)29-30(4)22(18)35-15-9-10-17(25)16(11-15)24(2,3)34/h5-12,20,34H,1-4H3,(H,28,31)(H,32,33)/t12-/m0/s1. The van der Waals surface area contributed by atoms with Crippen LogP contribution in [-0.2, 0) is 12.6 Å². The van der Waals surface area contributed by atoms with Gasteiger partial charge in [0, 0.05) is 12.6 Å². The van der Waals surface area contributed by atoms with E-state index in [9.17, 15) is 27.9 Å². The van der Waals surface area contributed by atoms with Crippen molar-refractivity contribution in [3.63, 3.8) is 0 Å². The lowest BCUT2D eigenvalue weighted by atomic mass is 9.98. The molecule has 0 unspecified atom stereocenters. The summed E-state index contributed by atoms with van der Waals surface area (Å²) in [5.74, 6) is -3.01. The van der Waals surface area contributed by atoms with Crippen molar-refractivity contribution in [2.75, 3.05) is 0 Å². The molecule has 3 rings (SSSR count). The van der Waals surface area contributed by atoms with Gasteiger partial charge < -0.3 is 20.3 Å². The highest BCUT2D eigenvalue weighted by atomic mass is 19.3. The van der Waals surface area contributed by atoms with E-state index < -0.39 is 47.0 Å². The van der Waals surface area contributed by atoms with Gasteiger partial charge in [-0.05, 0) is 56.7 Å². The molecule has 1 heterocycles. The highest BCUT2D eigenvalue weighted by molar-refractivity contribution is 5.98. The summed E-state index contributed by atoms with van der Waals surface area (Å²) in [5.41, 5.74) is -2.35. The lowest BCUT2D eigenvalue weighted by Crippen LogP contribution is -2.27. The molecule has 1 aromatic heterocycles. The predicted octanol–water partition coefficient (Wildman–Crippen LogP) is 4.71. The van der Waals surface area contributed by atoms with Crippen LogP contribution in [0.3, 0.4) is 0 Å². The molecule has 1 amide bonds. The molecule has 0 saturated carbocycles. The van der Waals surface area contributed by atoms with Crippen molar-refractivity contribution >= 4 is 11.9 Å². The largest absolute Gasteiger partial charge is 0.478 e. The van der Waals surface area contributed by atoms with Gasteiger partial charge in [-0.2, -0.15) is 5.10 Å². The fraction of sp³-hybridized carbons (Fsp3) is 0.292. The smallest absolute Gasteiger partial charge is 0.335 e. The van der Waals surface area contributed by atoms with Crippen LogP contribution in [0.4, 0.5) is 13.2 Å². The molecule has 3 aromatic rings. The van der Waals surface area contributed by atoms with Gasteiger partial charge in [-0.1, -0.05) is 12.1 Å². The lowest BCUT2D eigenvalue weighted by Gasteiger charge is -2.20. The molecule has 11 heteroatoms. The summed E-state index contributed by atoms with van der Waals surface area (Å²) in [6, 6.07) is 8.54. The summed E-state index contributed by atoms with van der Waals surface area (Å²) < 4.78 is 48.2. The predicted molar refractivity (Wildman–Crippen MR) is 119 cm³/mol. The van der Waals surface area contributed by atoms with Crippen molar-refractivity contribution in [3.05, 3.63) is 76.2 Å². The van der Waals surface area contributed by atoms with Gasteiger partial charge in [0.2, 0.25) is 5.88 Å². The normalized spacial score (nSPS) is 12.5. The quantitative estimate of drug-likeness (QED) is 0.421. The Hall–Kier alpha value is -3.86. The zero-order chi connectivity index (χ0) is 26.1. The monoisotopic (exact) mass is 491 g/mol. The maximum atomic E-state index is 14.1. The zero-order valence-electron chi connectivity index (χ0n) is 19.3. The number of ether oxygens (including phenoxy) is 1. The van der Waals surface area contributed by atoms with Crippen LogP contribution in [0.15, 0.2) is 42.5 Å². The van der Waals surface area contributed by atoms with Gasteiger partial charge in [-0.3, -0.25) is 4.79 Å². The molecule has 1 atom stereocenters. The second kappa shape index (κ2) is 9.79. The van der Waals surface area contributed by atoms with Crippen molar-refractivity contribution < 1.29 is 37.7 Å². The van der Waals surface area contributed by atoms with Crippen LogP contribution in [0.25, 0.3) is 0 Å². The first kappa shape index (κ1) is 25.8. The molecule has 0 spiro atoms. The Labute approximate surface area is 199 Å². The van der Waals surface area contributed by atoms with Gasteiger partial charge in [0.1, 0.15) is 22.8 Å². The number of nitrogens with zero attached hydrogens (tertiary/aromatic N) is 2. The summed E-state index contributed by atoms with van der Waals surface area (Å²) in [7, 11) is 1.31. The minimum Gasteiger partial charge on any atom is -0.478 e. The molecule has 0 bridgehead atoms. The number of aryl methyl sites for hydroxylation is 1. The number of alkyl halides is 2. The average molecular weight is 491 g/mol. The van der Waals surface area contributed by atoms with Gasteiger partial charge in [-0.25, -0.2) is 22.6 Å².